The lowest BCUT2D eigenvalue weighted by Gasteiger charge is -2.24. The third-order valence-electron chi connectivity index (χ3n) is 4.27. The number of unbranched alkanes of at least 4 members (excludes halogenated alkanes) is 1. The van der Waals surface area contributed by atoms with E-state index in [-0.39, 0.29) is 11.8 Å². The summed E-state index contributed by atoms with van der Waals surface area (Å²) in [4.78, 5) is 14.5. The fourth-order valence-electron chi connectivity index (χ4n) is 2.84. The van der Waals surface area contributed by atoms with Gasteiger partial charge in [0.15, 0.2) is 0 Å². The number of hydrogen-bond donors (Lipinski definition) is 0. The lowest BCUT2D eigenvalue weighted by Crippen LogP contribution is -2.35. The molecule has 2 aromatic rings. The first-order valence-electron chi connectivity index (χ1n) is 9.23. The topological polar surface area (TPSA) is 20.3 Å². The first kappa shape index (κ1) is 19.0. The second kappa shape index (κ2) is 9.83. The molecule has 0 spiro atoms. The van der Waals surface area contributed by atoms with Crippen molar-refractivity contribution in [3.63, 3.8) is 0 Å². The fourth-order valence-corrected chi connectivity index (χ4v) is 2.84. The van der Waals surface area contributed by atoms with Gasteiger partial charge in [-0.2, -0.15) is 0 Å². The van der Waals surface area contributed by atoms with Crippen LogP contribution in [0.2, 0.25) is 0 Å². The van der Waals surface area contributed by atoms with E-state index < -0.39 is 0 Å². The molecule has 0 aliphatic rings. The third-order valence-corrected chi connectivity index (χ3v) is 4.27. The minimum absolute atomic E-state index is 0.0298. The van der Waals surface area contributed by atoms with Crippen molar-refractivity contribution < 1.29 is 4.79 Å². The molecule has 2 aromatic carbocycles. The molecular weight excluding hydrogens is 306 g/mol. The Labute approximate surface area is 152 Å². The summed E-state index contributed by atoms with van der Waals surface area (Å²) in [5.74, 6) is 0.257. The molecule has 0 bridgehead atoms. The van der Waals surface area contributed by atoms with E-state index in [9.17, 15) is 4.79 Å². The van der Waals surface area contributed by atoms with Crippen molar-refractivity contribution in [2.75, 3.05) is 13.1 Å². The minimum Gasteiger partial charge on any atom is -0.339 e. The van der Waals surface area contributed by atoms with Crippen LogP contribution < -0.4 is 0 Å². The van der Waals surface area contributed by atoms with E-state index in [1.807, 2.05) is 30.9 Å². The summed E-state index contributed by atoms with van der Waals surface area (Å²) in [6.45, 7) is 7.57. The Bertz CT molecular complexity index is 632. The summed E-state index contributed by atoms with van der Waals surface area (Å²) in [5.41, 5.74) is 3.54. The van der Waals surface area contributed by atoms with Gasteiger partial charge < -0.3 is 4.90 Å². The summed E-state index contributed by atoms with van der Waals surface area (Å²) in [6.07, 6.45) is 4.33. The van der Waals surface area contributed by atoms with E-state index in [0.717, 1.165) is 19.4 Å². The SMILES string of the molecule is CCCCN(CC=C(c1ccccc1)c1ccccc1)C(=O)C(C)C. The summed E-state index contributed by atoms with van der Waals surface area (Å²) < 4.78 is 0. The van der Waals surface area contributed by atoms with Crippen molar-refractivity contribution in [1.29, 1.82) is 0 Å². The second-order valence-electron chi connectivity index (χ2n) is 6.64. The number of nitrogens with zero attached hydrogens (tertiary/aromatic N) is 1. The van der Waals surface area contributed by atoms with Gasteiger partial charge in [0.2, 0.25) is 5.91 Å². The number of carbonyl (C=O) groups excluding carboxylic acids is 1. The highest BCUT2D eigenvalue weighted by molar-refractivity contribution is 5.81. The molecule has 0 aliphatic carbocycles. The van der Waals surface area contributed by atoms with E-state index in [1.54, 1.807) is 0 Å². The molecule has 0 saturated heterocycles. The van der Waals surface area contributed by atoms with Gasteiger partial charge in [-0.15, -0.1) is 0 Å². The van der Waals surface area contributed by atoms with E-state index in [2.05, 4.69) is 61.5 Å². The van der Waals surface area contributed by atoms with Gasteiger partial charge in [-0.3, -0.25) is 4.79 Å². The molecule has 1 amide bonds. The highest BCUT2D eigenvalue weighted by atomic mass is 16.2. The molecule has 0 heterocycles. The van der Waals surface area contributed by atoms with Crippen LogP contribution in [0, 0.1) is 5.92 Å². The average Bonchev–Trinajstić information content (AvgIpc) is 2.65. The Kier molecular flexibility index (Phi) is 7.46. The summed E-state index contributed by atoms with van der Waals surface area (Å²) in [5, 5.41) is 0. The highest BCUT2D eigenvalue weighted by Crippen LogP contribution is 2.23. The predicted molar refractivity (Wildman–Crippen MR) is 106 cm³/mol. The zero-order valence-corrected chi connectivity index (χ0v) is 15.6. The lowest BCUT2D eigenvalue weighted by molar-refractivity contribution is -0.134. The van der Waals surface area contributed by atoms with Crippen molar-refractivity contribution in [3.8, 4) is 0 Å². The lowest BCUT2D eigenvalue weighted by atomic mass is 9.97. The quantitative estimate of drug-likeness (QED) is 0.632. The van der Waals surface area contributed by atoms with Crippen LogP contribution in [0.4, 0.5) is 0 Å². The van der Waals surface area contributed by atoms with Gasteiger partial charge in [-0.25, -0.2) is 0 Å². The van der Waals surface area contributed by atoms with Crippen molar-refractivity contribution in [1.82, 2.24) is 4.90 Å². The van der Waals surface area contributed by atoms with E-state index in [0.29, 0.717) is 6.54 Å². The molecule has 0 unspecified atom stereocenters. The fraction of sp³-hybridized carbons (Fsp3) is 0.348. The smallest absolute Gasteiger partial charge is 0.225 e. The van der Waals surface area contributed by atoms with Crippen LogP contribution >= 0.6 is 0 Å². The molecule has 0 aromatic heterocycles. The molecule has 0 aliphatic heterocycles. The van der Waals surface area contributed by atoms with Gasteiger partial charge in [-0.1, -0.05) is 93.9 Å². The molecule has 0 N–H and O–H groups in total. The van der Waals surface area contributed by atoms with Gasteiger partial charge >= 0.3 is 0 Å². The number of hydrogen-bond acceptors (Lipinski definition) is 1. The second-order valence-corrected chi connectivity index (χ2v) is 6.64. The molecular formula is C23H29NO. The number of amides is 1. The Hall–Kier alpha value is -2.35. The molecule has 0 radical (unpaired) electrons. The standard InChI is InChI=1S/C23H29NO/c1-4-5-17-24(23(25)19(2)3)18-16-22(20-12-8-6-9-13-20)21-14-10-7-11-15-21/h6-16,19H,4-5,17-18H2,1-3H3. The summed E-state index contributed by atoms with van der Waals surface area (Å²) in [6, 6.07) is 20.8. The van der Waals surface area contributed by atoms with Crippen molar-refractivity contribution >= 4 is 11.5 Å². The first-order chi connectivity index (χ1) is 12.1. The van der Waals surface area contributed by atoms with Crippen LogP contribution in [0.25, 0.3) is 5.57 Å². The average molecular weight is 335 g/mol. The normalized spacial score (nSPS) is 10.6. The summed E-state index contributed by atoms with van der Waals surface area (Å²) in [7, 11) is 0. The third kappa shape index (κ3) is 5.60. The van der Waals surface area contributed by atoms with Crippen LogP contribution in [0.15, 0.2) is 66.7 Å². The molecule has 25 heavy (non-hydrogen) atoms. The zero-order chi connectivity index (χ0) is 18.1. The van der Waals surface area contributed by atoms with Gasteiger partial charge in [0.1, 0.15) is 0 Å². The van der Waals surface area contributed by atoms with Crippen LogP contribution in [0.5, 0.6) is 0 Å². The van der Waals surface area contributed by atoms with Crippen LogP contribution in [0.3, 0.4) is 0 Å². The monoisotopic (exact) mass is 335 g/mol. The van der Waals surface area contributed by atoms with Crippen molar-refractivity contribution in [2.24, 2.45) is 5.92 Å². The maximum absolute atomic E-state index is 12.5. The maximum atomic E-state index is 12.5. The number of carbonyl (C=O) groups is 1. The summed E-state index contributed by atoms with van der Waals surface area (Å²) >= 11 is 0. The zero-order valence-electron chi connectivity index (χ0n) is 15.6. The Morgan fingerprint density at radius 1 is 0.960 bits per heavy atom. The van der Waals surface area contributed by atoms with Crippen molar-refractivity contribution in [2.45, 2.75) is 33.6 Å². The molecule has 0 fully saturated rings. The van der Waals surface area contributed by atoms with Crippen LogP contribution in [0.1, 0.15) is 44.7 Å². The largest absolute Gasteiger partial charge is 0.339 e. The van der Waals surface area contributed by atoms with E-state index in [1.165, 1.54) is 16.7 Å². The minimum atomic E-state index is 0.0298. The molecule has 2 heteroatoms. The Morgan fingerprint density at radius 2 is 1.48 bits per heavy atom. The van der Waals surface area contributed by atoms with Gasteiger partial charge in [0.05, 0.1) is 0 Å². The Balaban J connectivity index is 2.31. The van der Waals surface area contributed by atoms with Crippen LogP contribution in [-0.2, 0) is 4.79 Å². The number of rotatable bonds is 8. The first-order valence-corrected chi connectivity index (χ1v) is 9.23. The predicted octanol–water partition coefficient (Wildman–Crippen LogP) is 5.40. The molecule has 132 valence electrons. The Morgan fingerprint density at radius 3 is 1.92 bits per heavy atom. The number of benzene rings is 2. The van der Waals surface area contributed by atoms with Crippen LogP contribution in [-0.4, -0.2) is 23.9 Å². The molecule has 0 atom stereocenters. The van der Waals surface area contributed by atoms with Crippen molar-refractivity contribution in [3.05, 3.63) is 77.9 Å². The molecule has 0 saturated carbocycles. The van der Waals surface area contributed by atoms with Gasteiger partial charge in [0.25, 0.3) is 0 Å². The maximum Gasteiger partial charge on any atom is 0.225 e. The molecule has 2 rings (SSSR count). The molecule has 2 nitrogen and oxygen atoms in total. The van der Waals surface area contributed by atoms with Gasteiger partial charge in [0, 0.05) is 19.0 Å². The highest BCUT2D eigenvalue weighted by Gasteiger charge is 2.16. The van der Waals surface area contributed by atoms with E-state index >= 15 is 0 Å². The van der Waals surface area contributed by atoms with Gasteiger partial charge in [-0.05, 0) is 23.1 Å². The van der Waals surface area contributed by atoms with E-state index in [4.69, 9.17) is 0 Å².